The molecule has 2 aromatic carbocycles. The van der Waals surface area contributed by atoms with Crippen LogP contribution in [-0.4, -0.2) is 11.6 Å². The van der Waals surface area contributed by atoms with Gasteiger partial charge in [-0.05, 0) is 30.2 Å². The smallest absolute Gasteiger partial charge is 0.253 e. The summed E-state index contributed by atoms with van der Waals surface area (Å²) in [4.78, 5) is 12.2. The summed E-state index contributed by atoms with van der Waals surface area (Å²) in [6, 6.07) is 14.1. The fraction of sp³-hybridized carbons (Fsp3) is 0.250. The van der Waals surface area contributed by atoms with Crippen LogP contribution in [0.25, 0.3) is 10.8 Å². The summed E-state index contributed by atoms with van der Waals surface area (Å²) in [6.07, 6.45) is 2.87. The standard InChI is InChI=1S/C16H14N2O/c19-16-10-14(12-8-9-12)17-18(16)15-7-3-5-11-4-1-2-6-13(11)15/h1-7,12H,8-10H2. The molecule has 1 fully saturated rings. The van der Waals surface area contributed by atoms with Crippen LogP contribution in [0.15, 0.2) is 47.6 Å². The van der Waals surface area contributed by atoms with E-state index in [0.29, 0.717) is 12.3 Å². The van der Waals surface area contributed by atoms with Gasteiger partial charge in [-0.2, -0.15) is 10.1 Å². The lowest BCUT2D eigenvalue weighted by molar-refractivity contribution is -0.116. The molecular weight excluding hydrogens is 236 g/mol. The highest BCUT2D eigenvalue weighted by Gasteiger charge is 2.35. The quantitative estimate of drug-likeness (QED) is 0.804. The Hall–Kier alpha value is -2.16. The highest BCUT2D eigenvalue weighted by atomic mass is 16.2. The third kappa shape index (κ3) is 1.73. The van der Waals surface area contributed by atoms with E-state index in [4.69, 9.17) is 0 Å². The van der Waals surface area contributed by atoms with Gasteiger partial charge in [-0.15, -0.1) is 0 Å². The average Bonchev–Trinajstić information content (AvgIpc) is 3.22. The van der Waals surface area contributed by atoms with E-state index in [0.717, 1.165) is 22.2 Å². The first-order chi connectivity index (χ1) is 9.33. The van der Waals surface area contributed by atoms with Crippen molar-refractivity contribution in [2.75, 3.05) is 5.01 Å². The molecule has 0 spiro atoms. The second-order valence-electron chi connectivity index (χ2n) is 5.25. The van der Waals surface area contributed by atoms with Crippen LogP contribution in [0.3, 0.4) is 0 Å². The fourth-order valence-corrected chi connectivity index (χ4v) is 2.67. The maximum Gasteiger partial charge on any atom is 0.253 e. The Balaban J connectivity index is 1.84. The summed E-state index contributed by atoms with van der Waals surface area (Å²) >= 11 is 0. The minimum Gasteiger partial charge on any atom is -0.272 e. The van der Waals surface area contributed by atoms with E-state index in [-0.39, 0.29) is 5.91 Å². The molecule has 1 aliphatic carbocycles. The molecule has 0 unspecified atom stereocenters. The van der Waals surface area contributed by atoms with Crippen LogP contribution in [0.2, 0.25) is 0 Å². The molecule has 3 heteroatoms. The summed E-state index contributed by atoms with van der Waals surface area (Å²) in [5, 5.41) is 8.37. The van der Waals surface area contributed by atoms with Crippen LogP contribution in [0.1, 0.15) is 19.3 Å². The van der Waals surface area contributed by atoms with E-state index in [1.807, 2.05) is 30.3 Å². The lowest BCUT2D eigenvalue weighted by atomic mass is 10.1. The van der Waals surface area contributed by atoms with Crippen LogP contribution in [0, 0.1) is 5.92 Å². The first kappa shape index (κ1) is 10.7. The predicted octanol–water partition coefficient (Wildman–Crippen LogP) is 3.34. The summed E-state index contributed by atoms with van der Waals surface area (Å²) in [6.45, 7) is 0. The number of hydrazone groups is 1. The van der Waals surface area contributed by atoms with Gasteiger partial charge in [0.15, 0.2) is 0 Å². The monoisotopic (exact) mass is 250 g/mol. The van der Waals surface area contributed by atoms with Gasteiger partial charge in [0.05, 0.1) is 17.8 Å². The molecule has 0 bridgehead atoms. The number of nitrogens with zero attached hydrogens (tertiary/aromatic N) is 2. The zero-order valence-electron chi connectivity index (χ0n) is 10.5. The Labute approximate surface area is 111 Å². The second-order valence-corrected chi connectivity index (χ2v) is 5.25. The number of anilines is 1. The van der Waals surface area contributed by atoms with Crippen molar-refractivity contribution in [1.29, 1.82) is 0 Å². The van der Waals surface area contributed by atoms with Gasteiger partial charge < -0.3 is 0 Å². The van der Waals surface area contributed by atoms with E-state index < -0.39 is 0 Å². The molecule has 1 aliphatic heterocycles. The van der Waals surface area contributed by atoms with Gasteiger partial charge in [-0.1, -0.05) is 36.4 Å². The van der Waals surface area contributed by atoms with Crippen molar-refractivity contribution >= 4 is 28.1 Å². The van der Waals surface area contributed by atoms with Gasteiger partial charge in [0.25, 0.3) is 5.91 Å². The number of fused-ring (bicyclic) bond motifs is 1. The Morgan fingerprint density at radius 2 is 1.84 bits per heavy atom. The maximum atomic E-state index is 12.2. The molecule has 0 radical (unpaired) electrons. The van der Waals surface area contributed by atoms with Crippen LogP contribution < -0.4 is 5.01 Å². The van der Waals surface area contributed by atoms with E-state index in [2.05, 4.69) is 17.2 Å². The highest BCUT2D eigenvalue weighted by molar-refractivity contribution is 6.16. The molecule has 0 saturated heterocycles. The molecule has 0 N–H and O–H groups in total. The van der Waals surface area contributed by atoms with Crippen LogP contribution in [0.4, 0.5) is 5.69 Å². The molecule has 19 heavy (non-hydrogen) atoms. The van der Waals surface area contributed by atoms with Crippen molar-refractivity contribution < 1.29 is 4.79 Å². The molecule has 0 aromatic heterocycles. The van der Waals surface area contributed by atoms with E-state index in [9.17, 15) is 4.79 Å². The van der Waals surface area contributed by atoms with Crippen molar-refractivity contribution in [3.8, 4) is 0 Å². The SMILES string of the molecule is O=C1CC(C2CC2)=NN1c1cccc2ccccc12. The molecule has 1 saturated carbocycles. The zero-order chi connectivity index (χ0) is 12.8. The van der Waals surface area contributed by atoms with Gasteiger partial charge in [0.1, 0.15) is 0 Å². The predicted molar refractivity (Wildman–Crippen MR) is 76.2 cm³/mol. The average molecular weight is 250 g/mol. The summed E-state index contributed by atoms with van der Waals surface area (Å²) in [5.74, 6) is 0.655. The molecule has 2 aliphatic rings. The van der Waals surface area contributed by atoms with Crippen molar-refractivity contribution in [1.82, 2.24) is 0 Å². The van der Waals surface area contributed by atoms with Gasteiger partial charge in [-0.3, -0.25) is 4.79 Å². The van der Waals surface area contributed by atoms with E-state index in [1.54, 1.807) is 5.01 Å². The lowest BCUT2D eigenvalue weighted by Crippen LogP contribution is -2.19. The maximum absolute atomic E-state index is 12.2. The summed E-state index contributed by atoms with van der Waals surface area (Å²) in [7, 11) is 0. The molecule has 4 rings (SSSR count). The molecular formula is C16H14N2O. The molecule has 94 valence electrons. The third-order valence-electron chi connectivity index (χ3n) is 3.84. The fourth-order valence-electron chi connectivity index (χ4n) is 2.67. The van der Waals surface area contributed by atoms with Gasteiger partial charge in [0.2, 0.25) is 0 Å². The largest absolute Gasteiger partial charge is 0.272 e. The minimum absolute atomic E-state index is 0.0956. The van der Waals surface area contributed by atoms with Crippen molar-refractivity contribution in [2.45, 2.75) is 19.3 Å². The Kier molecular flexibility index (Phi) is 2.21. The second kappa shape index (κ2) is 3.92. The zero-order valence-corrected chi connectivity index (χ0v) is 10.5. The van der Waals surface area contributed by atoms with Gasteiger partial charge in [0, 0.05) is 5.39 Å². The number of amides is 1. The Morgan fingerprint density at radius 1 is 1.05 bits per heavy atom. The molecule has 2 aromatic rings. The van der Waals surface area contributed by atoms with Gasteiger partial charge in [-0.25, -0.2) is 0 Å². The normalized spacial score (nSPS) is 19.1. The topological polar surface area (TPSA) is 32.7 Å². The number of carbonyl (C=O) groups is 1. The third-order valence-corrected chi connectivity index (χ3v) is 3.84. The first-order valence-corrected chi connectivity index (χ1v) is 6.71. The number of carbonyl (C=O) groups excluding carboxylic acids is 1. The lowest BCUT2D eigenvalue weighted by Gasteiger charge is -2.14. The van der Waals surface area contributed by atoms with Gasteiger partial charge >= 0.3 is 0 Å². The molecule has 1 amide bonds. The van der Waals surface area contributed by atoms with Crippen LogP contribution in [0.5, 0.6) is 0 Å². The van der Waals surface area contributed by atoms with Crippen molar-refractivity contribution in [3.63, 3.8) is 0 Å². The van der Waals surface area contributed by atoms with Crippen LogP contribution >= 0.6 is 0 Å². The van der Waals surface area contributed by atoms with E-state index in [1.165, 1.54) is 12.8 Å². The van der Waals surface area contributed by atoms with Crippen molar-refractivity contribution in [3.05, 3.63) is 42.5 Å². The molecule has 3 nitrogen and oxygen atoms in total. The number of rotatable bonds is 2. The van der Waals surface area contributed by atoms with Crippen molar-refractivity contribution in [2.24, 2.45) is 11.0 Å². The molecule has 1 heterocycles. The number of hydrogen-bond donors (Lipinski definition) is 0. The number of benzene rings is 2. The molecule has 0 atom stereocenters. The summed E-state index contributed by atoms with van der Waals surface area (Å²) in [5.41, 5.74) is 1.97. The highest BCUT2D eigenvalue weighted by Crippen LogP contribution is 2.36. The van der Waals surface area contributed by atoms with E-state index >= 15 is 0 Å². The summed E-state index contributed by atoms with van der Waals surface area (Å²) < 4.78 is 0. The Bertz CT molecular complexity index is 695. The first-order valence-electron chi connectivity index (χ1n) is 6.71. The Morgan fingerprint density at radius 3 is 2.68 bits per heavy atom. The number of hydrogen-bond acceptors (Lipinski definition) is 2. The minimum atomic E-state index is 0.0956. The van der Waals surface area contributed by atoms with Crippen LogP contribution in [-0.2, 0) is 4.79 Å².